The maximum absolute atomic E-state index is 12.5. The summed E-state index contributed by atoms with van der Waals surface area (Å²) in [5, 5.41) is 14.1. The molecule has 12 heteroatoms. The molecule has 4 unspecified atom stereocenters. The van der Waals surface area contributed by atoms with Gasteiger partial charge in [-0.15, -0.1) is 0 Å². The number of amides is 4. The normalized spacial score (nSPS) is 19.4. The second kappa shape index (κ2) is 10.9. The lowest BCUT2D eigenvalue weighted by atomic mass is 10.1. The van der Waals surface area contributed by atoms with Gasteiger partial charge in [0.05, 0.1) is 6.04 Å². The van der Waals surface area contributed by atoms with Crippen LogP contribution in [0.5, 0.6) is 0 Å². The van der Waals surface area contributed by atoms with Crippen molar-refractivity contribution in [1.29, 1.82) is 0 Å². The largest absolute Gasteiger partial charge is 0.480 e. The Morgan fingerprint density at radius 2 is 1.86 bits per heavy atom. The van der Waals surface area contributed by atoms with Crippen molar-refractivity contribution in [2.75, 3.05) is 12.3 Å². The van der Waals surface area contributed by atoms with Crippen LogP contribution in [0.25, 0.3) is 0 Å². The number of hydrogen-bond donors (Lipinski definition) is 6. The monoisotopic (exact) mass is 417 g/mol. The topological polar surface area (TPSA) is 185 Å². The minimum atomic E-state index is -1.13. The first-order valence-electron chi connectivity index (χ1n) is 8.87. The molecule has 7 N–H and O–H groups in total. The molecule has 1 rings (SSSR count). The summed E-state index contributed by atoms with van der Waals surface area (Å²) in [7, 11) is 0. The molecule has 1 fully saturated rings. The van der Waals surface area contributed by atoms with Crippen LogP contribution in [0.2, 0.25) is 0 Å². The second-order valence-electron chi connectivity index (χ2n) is 6.61. The van der Waals surface area contributed by atoms with Crippen molar-refractivity contribution in [3.8, 4) is 0 Å². The number of carboxylic acid groups (broad SMARTS) is 1. The van der Waals surface area contributed by atoms with Crippen LogP contribution in [-0.4, -0.2) is 76.1 Å². The molecule has 1 heterocycles. The first-order valence-corrected chi connectivity index (χ1v) is 9.50. The number of hydrogen-bond acceptors (Lipinski definition) is 7. The van der Waals surface area contributed by atoms with Crippen LogP contribution in [0.15, 0.2) is 0 Å². The number of primary amides is 1. The standard InChI is InChI=1S/C16H27N5O6S/c1-8(15(25)21-6-2-3-11(21)16(26)27)19-14(24)10(4-5-12(18)22)20-13(23)9(17)7-28/h8-11,28H,2-7,17H2,1H3,(H2,18,22)(H,19,24)(H,20,23)(H,26,27). The van der Waals surface area contributed by atoms with Gasteiger partial charge in [0.2, 0.25) is 23.6 Å². The Morgan fingerprint density at radius 1 is 1.21 bits per heavy atom. The number of nitrogens with zero attached hydrogens (tertiary/aromatic N) is 1. The predicted octanol–water partition coefficient (Wildman–Crippen LogP) is -2.43. The minimum Gasteiger partial charge on any atom is -0.480 e. The van der Waals surface area contributed by atoms with E-state index >= 15 is 0 Å². The molecule has 0 radical (unpaired) electrons. The van der Waals surface area contributed by atoms with E-state index < -0.39 is 53.8 Å². The van der Waals surface area contributed by atoms with Gasteiger partial charge >= 0.3 is 5.97 Å². The maximum Gasteiger partial charge on any atom is 0.326 e. The molecule has 0 aliphatic carbocycles. The third-order valence-electron chi connectivity index (χ3n) is 4.40. The van der Waals surface area contributed by atoms with Gasteiger partial charge in [-0.25, -0.2) is 4.79 Å². The highest BCUT2D eigenvalue weighted by molar-refractivity contribution is 7.80. The molecule has 0 spiro atoms. The summed E-state index contributed by atoms with van der Waals surface area (Å²) in [6.07, 6.45) is 0.668. The molecule has 158 valence electrons. The van der Waals surface area contributed by atoms with Crippen molar-refractivity contribution >= 4 is 42.2 Å². The van der Waals surface area contributed by atoms with E-state index in [4.69, 9.17) is 11.5 Å². The summed E-state index contributed by atoms with van der Waals surface area (Å²) in [6.45, 7) is 1.71. The smallest absolute Gasteiger partial charge is 0.326 e. The number of likely N-dealkylation sites (tertiary alicyclic amines) is 1. The maximum atomic E-state index is 12.5. The molecule has 1 aliphatic heterocycles. The zero-order chi connectivity index (χ0) is 21.4. The molecule has 0 bridgehead atoms. The fourth-order valence-electron chi connectivity index (χ4n) is 2.83. The van der Waals surface area contributed by atoms with E-state index in [1.165, 1.54) is 11.8 Å². The number of aliphatic carboxylic acids is 1. The summed E-state index contributed by atoms with van der Waals surface area (Å²) >= 11 is 3.91. The molecule has 0 aromatic heterocycles. The van der Waals surface area contributed by atoms with Gasteiger partial charge in [0.25, 0.3) is 0 Å². The molecule has 0 saturated carbocycles. The van der Waals surface area contributed by atoms with Gasteiger partial charge in [-0.1, -0.05) is 0 Å². The van der Waals surface area contributed by atoms with Crippen molar-refractivity contribution in [3.05, 3.63) is 0 Å². The lowest BCUT2D eigenvalue weighted by molar-refractivity contribution is -0.149. The third kappa shape index (κ3) is 6.68. The number of carbonyl (C=O) groups is 5. The third-order valence-corrected chi connectivity index (χ3v) is 4.79. The van der Waals surface area contributed by atoms with E-state index in [1.54, 1.807) is 0 Å². The van der Waals surface area contributed by atoms with Gasteiger partial charge < -0.3 is 32.1 Å². The minimum absolute atomic E-state index is 0.0520. The first kappa shape index (κ1) is 23.7. The molecular weight excluding hydrogens is 390 g/mol. The highest BCUT2D eigenvalue weighted by Gasteiger charge is 2.36. The zero-order valence-electron chi connectivity index (χ0n) is 15.6. The lowest BCUT2D eigenvalue weighted by Gasteiger charge is -2.27. The Hall–Kier alpha value is -2.34. The predicted molar refractivity (Wildman–Crippen MR) is 102 cm³/mol. The zero-order valence-corrected chi connectivity index (χ0v) is 16.5. The van der Waals surface area contributed by atoms with Gasteiger partial charge in [0.1, 0.15) is 18.1 Å². The van der Waals surface area contributed by atoms with Gasteiger partial charge in [0.15, 0.2) is 0 Å². The SMILES string of the molecule is CC(NC(=O)C(CCC(N)=O)NC(=O)C(N)CS)C(=O)N1CCCC1C(=O)O. The average molecular weight is 417 g/mol. The van der Waals surface area contributed by atoms with E-state index in [0.717, 1.165) is 0 Å². The Labute approximate surface area is 168 Å². The number of nitrogens with one attached hydrogen (secondary N) is 2. The molecular formula is C16H27N5O6S. The molecule has 28 heavy (non-hydrogen) atoms. The van der Waals surface area contributed by atoms with Crippen molar-refractivity contribution in [2.24, 2.45) is 11.5 Å². The lowest BCUT2D eigenvalue weighted by Crippen LogP contribution is -2.56. The summed E-state index contributed by atoms with van der Waals surface area (Å²) in [5.74, 6) is -3.58. The highest BCUT2D eigenvalue weighted by atomic mass is 32.1. The Balaban J connectivity index is 2.78. The van der Waals surface area contributed by atoms with Crippen molar-refractivity contribution < 1.29 is 29.1 Å². The first-order chi connectivity index (χ1) is 13.1. The fraction of sp³-hybridized carbons (Fsp3) is 0.688. The van der Waals surface area contributed by atoms with Crippen LogP contribution in [-0.2, 0) is 24.0 Å². The van der Waals surface area contributed by atoms with E-state index in [9.17, 15) is 29.1 Å². The second-order valence-corrected chi connectivity index (χ2v) is 6.98. The Kier molecular flexibility index (Phi) is 9.19. The van der Waals surface area contributed by atoms with Gasteiger partial charge in [0, 0.05) is 18.7 Å². The molecule has 0 aromatic rings. The molecule has 4 atom stereocenters. The molecule has 11 nitrogen and oxygen atoms in total. The quantitative estimate of drug-likeness (QED) is 0.213. The number of carboxylic acids is 1. The molecule has 0 aromatic carbocycles. The Morgan fingerprint density at radius 3 is 2.39 bits per heavy atom. The van der Waals surface area contributed by atoms with Crippen LogP contribution < -0.4 is 22.1 Å². The van der Waals surface area contributed by atoms with Gasteiger partial charge in [-0.05, 0) is 26.2 Å². The van der Waals surface area contributed by atoms with Crippen molar-refractivity contribution in [3.63, 3.8) is 0 Å². The van der Waals surface area contributed by atoms with E-state index in [1.807, 2.05) is 0 Å². The highest BCUT2D eigenvalue weighted by Crippen LogP contribution is 2.18. The fourth-order valence-corrected chi connectivity index (χ4v) is 2.99. The van der Waals surface area contributed by atoms with Crippen molar-refractivity contribution in [1.82, 2.24) is 15.5 Å². The summed E-state index contributed by atoms with van der Waals surface area (Å²) in [6, 6.07) is -4.02. The molecule has 4 amide bonds. The van der Waals surface area contributed by atoms with Gasteiger partial charge in [-0.3, -0.25) is 19.2 Å². The number of carbonyl (C=O) groups excluding carboxylic acids is 4. The van der Waals surface area contributed by atoms with Crippen LogP contribution >= 0.6 is 12.6 Å². The Bertz CT molecular complexity index is 631. The van der Waals surface area contributed by atoms with Gasteiger partial charge in [-0.2, -0.15) is 12.6 Å². The van der Waals surface area contributed by atoms with E-state index in [0.29, 0.717) is 12.8 Å². The van der Waals surface area contributed by atoms with Crippen LogP contribution in [0.3, 0.4) is 0 Å². The summed E-state index contributed by atoms with van der Waals surface area (Å²) < 4.78 is 0. The summed E-state index contributed by atoms with van der Waals surface area (Å²) in [4.78, 5) is 60.5. The van der Waals surface area contributed by atoms with Crippen LogP contribution in [0.4, 0.5) is 0 Å². The molecule has 1 aliphatic rings. The van der Waals surface area contributed by atoms with E-state index in [-0.39, 0.29) is 25.1 Å². The molecule has 1 saturated heterocycles. The van der Waals surface area contributed by atoms with Crippen LogP contribution in [0.1, 0.15) is 32.6 Å². The van der Waals surface area contributed by atoms with E-state index in [2.05, 4.69) is 23.3 Å². The van der Waals surface area contributed by atoms with Crippen LogP contribution in [0, 0.1) is 0 Å². The number of thiol groups is 1. The average Bonchev–Trinajstić information content (AvgIpc) is 3.13. The number of rotatable bonds is 10. The summed E-state index contributed by atoms with van der Waals surface area (Å²) in [5.41, 5.74) is 10.7. The van der Waals surface area contributed by atoms with Crippen molar-refractivity contribution in [2.45, 2.75) is 56.8 Å². The number of nitrogens with two attached hydrogens (primary N) is 2.